The van der Waals surface area contributed by atoms with Gasteiger partial charge < -0.3 is 14.0 Å². The van der Waals surface area contributed by atoms with Crippen LogP contribution in [0.15, 0.2) is 28.8 Å². The monoisotopic (exact) mass is 355 g/mol. The Kier molecular flexibility index (Phi) is 4.38. The lowest BCUT2D eigenvalue weighted by atomic mass is 10.1. The summed E-state index contributed by atoms with van der Waals surface area (Å²) in [6, 6.07) is 8.65. The summed E-state index contributed by atoms with van der Waals surface area (Å²) in [6.45, 7) is 3.85. The summed E-state index contributed by atoms with van der Waals surface area (Å²) in [6.07, 6.45) is 5.88. The maximum atomic E-state index is 6.37. The van der Waals surface area contributed by atoms with Crippen LogP contribution in [0.3, 0.4) is 0 Å². The first-order valence-electron chi connectivity index (χ1n) is 9.78. The lowest BCUT2D eigenvalue weighted by molar-refractivity contribution is 0.0388. The highest BCUT2D eigenvalue weighted by Crippen LogP contribution is 2.40. The molecule has 0 N–H and O–H groups in total. The Bertz CT molecular complexity index is 752. The predicted molar refractivity (Wildman–Crippen MR) is 96.2 cm³/mol. The number of nitrogens with zero attached hydrogens (tertiary/aromatic N) is 3. The first-order valence-corrected chi connectivity index (χ1v) is 9.78. The maximum absolute atomic E-state index is 6.37. The molecule has 1 atom stereocenters. The predicted octanol–water partition coefficient (Wildman–Crippen LogP) is 3.25. The number of likely N-dealkylation sites (tertiary alicyclic amines) is 1. The van der Waals surface area contributed by atoms with Crippen LogP contribution in [0, 0.1) is 0 Å². The molecule has 0 bridgehead atoms. The molecule has 3 aliphatic rings. The van der Waals surface area contributed by atoms with Crippen molar-refractivity contribution in [3.05, 3.63) is 30.1 Å². The fourth-order valence-electron chi connectivity index (χ4n) is 4.01. The Morgan fingerprint density at radius 1 is 1.04 bits per heavy atom. The van der Waals surface area contributed by atoms with E-state index in [1.54, 1.807) is 0 Å². The minimum atomic E-state index is 0.213. The van der Waals surface area contributed by atoms with Crippen molar-refractivity contribution in [1.82, 2.24) is 15.0 Å². The molecule has 3 heterocycles. The second kappa shape index (κ2) is 7.00. The molecule has 1 aliphatic carbocycles. The summed E-state index contributed by atoms with van der Waals surface area (Å²) in [5.74, 6) is 2.74. The molecule has 1 aromatic carbocycles. The molecule has 6 heteroatoms. The van der Waals surface area contributed by atoms with E-state index in [2.05, 4.69) is 15.0 Å². The topological polar surface area (TPSA) is 60.6 Å². The van der Waals surface area contributed by atoms with Crippen molar-refractivity contribution in [2.45, 2.75) is 50.2 Å². The van der Waals surface area contributed by atoms with Crippen molar-refractivity contribution in [2.75, 3.05) is 26.3 Å². The third-order valence-electron chi connectivity index (χ3n) is 5.68. The van der Waals surface area contributed by atoms with E-state index in [-0.39, 0.29) is 6.10 Å². The van der Waals surface area contributed by atoms with Gasteiger partial charge in [0.2, 0.25) is 0 Å². The zero-order valence-corrected chi connectivity index (χ0v) is 15.0. The van der Waals surface area contributed by atoms with Crippen LogP contribution in [0.5, 0.6) is 5.75 Å². The second-order valence-corrected chi connectivity index (χ2v) is 7.60. The van der Waals surface area contributed by atoms with Gasteiger partial charge in [-0.2, -0.15) is 4.98 Å². The highest BCUT2D eigenvalue weighted by Gasteiger charge is 2.32. The Balaban J connectivity index is 1.28. The average molecular weight is 355 g/mol. The van der Waals surface area contributed by atoms with Gasteiger partial charge in [-0.05, 0) is 44.2 Å². The first kappa shape index (κ1) is 16.3. The van der Waals surface area contributed by atoms with Gasteiger partial charge in [-0.3, -0.25) is 4.90 Å². The molecule has 1 aromatic heterocycles. The summed E-state index contributed by atoms with van der Waals surface area (Å²) in [4.78, 5) is 7.15. The van der Waals surface area contributed by atoms with Crippen molar-refractivity contribution < 1.29 is 14.0 Å². The standard InChI is InChI=1S/C20H25N3O3/c1-2-4-18(17(3-1)20-21-19(22-26-20)14-5-6-14)25-16-7-10-23(13-16)15-8-11-24-12-9-15/h1-4,14-16H,5-13H2. The number of rotatable bonds is 5. The fourth-order valence-corrected chi connectivity index (χ4v) is 4.01. The van der Waals surface area contributed by atoms with E-state index >= 15 is 0 Å². The van der Waals surface area contributed by atoms with Crippen LogP contribution in [0.2, 0.25) is 0 Å². The molecule has 0 spiro atoms. The zero-order chi connectivity index (χ0) is 17.3. The Morgan fingerprint density at radius 3 is 2.73 bits per heavy atom. The second-order valence-electron chi connectivity index (χ2n) is 7.60. The van der Waals surface area contributed by atoms with Crippen LogP contribution in [-0.4, -0.2) is 53.5 Å². The van der Waals surface area contributed by atoms with Crippen molar-refractivity contribution >= 4 is 0 Å². The fraction of sp³-hybridized carbons (Fsp3) is 0.600. The van der Waals surface area contributed by atoms with Crippen LogP contribution in [0.1, 0.15) is 43.8 Å². The van der Waals surface area contributed by atoms with Gasteiger partial charge in [0.05, 0.1) is 5.56 Å². The van der Waals surface area contributed by atoms with Crippen LogP contribution >= 0.6 is 0 Å². The summed E-state index contributed by atoms with van der Waals surface area (Å²) >= 11 is 0. The quantitative estimate of drug-likeness (QED) is 0.820. The zero-order valence-electron chi connectivity index (χ0n) is 15.0. The van der Waals surface area contributed by atoms with Gasteiger partial charge in [-0.25, -0.2) is 0 Å². The third kappa shape index (κ3) is 3.35. The largest absolute Gasteiger partial charge is 0.488 e. The molecule has 0 radical (unpaired) electrons. The van der Waals surface area contributed by atoms with Crippen LogP contribution in [0.25, 0.3) is 11.5 Å². The summed E-state index contributed by atoms with van der Waals surface area (Å²) in [5.41, 5.74) is 0.899. The molecular formula is C20H25N3O3. The maximum Gasteiger partial charge on any atom is 0.261 e. The summed E-state index contributed by atoms with van der Waals surface area (Å²) in [7, 11) is 0. The van der Waals surface area contributed by atoms with Crippen molar-refractivity contribution in [3.8, 4) is 17.2 Å². The Morgan fingerprint density at radius 2 is 1.88 bits per heavy atom. The number of aromatic nitrogens is 2. The Hall–Kier alpha value is -1.92. The highest BCUT2D eigenvalue weighted by molar-refractivity contribution is 5.62. The minimum absolute atomic E-state index is 0.213. The summed E-state index contributed by atoms with van der Waals surface area (Å²) < 4.78 is 17.4. The van der Waals surface area contributed by atoms with E-state index in [9.17, 15) is 0 Å². The SMILES string of the molecule is c1ccc(-c2nc(C3CC3)no2)c(OC2CCN(C3CCOCC3)C2)c1. The smallest absolute Gasteiger partial charge is 0.261 e. The van der Waals surface area contributed by atoms with Crippen molar-refractivity contribution in [3.63, 3.8) is 0 Å². The van der Waals surface area contributed by atoms with Gasteiger partial charge >= 0.3 is 0 Å². The van der Waals surface area contributed by atoms with E-state index < -0.39 is 0 Å². The number of hydrogen-bond acceptors (Lipinski definition) is 6. The van der Waals surface area contributed by atoms with E-state index in [0.717, 1.165) is 62.7 Å². The summed E-state index contributed by atoms with van der Waals surface area (Å²) in [5, 5.41) is 4.14. The van der Waals surface area contributed by atoms with Crippen LogP contribution in [0.4, 0.5) is 0 Å². The average Bonchev–Trinajstić information content (AvgIpc) is 3.24. The van der Waals surface area contributed by atoms with E-state index in [4.69, 9.17) is 14.0 Å². The molecule has 2 aromatic rings. The van der Waals surface area contributed by atoms with Crippen LogP contribution in [-0.2, 0) is 4.74 Å². The number of ether oxygens (including phenoxy) is 2. The molecule has 138 valence electrons. The van der Waals surface area contributed by atoms with E-state index in [0.29, 0.717) is 17.9 Å². The molecular weight excluding hydrogens is 330 g/mol. The lowest BCUT2D eigenvalue weighted by Gasteiger charge is -2.30. The minimum Gasteiger partial charge on any atom is -0.488 e. The van der Waals surface area contributed by atoms with Gasteiger partial charge in [0.1, 0.15) is 11.9 Å². The normalized spacial score (nSPS) is 24.8. The number of hydrogen-bond donors (Lipinski definition) is 0. The van der Waals surface area contributed by atoms with Crippen LogP contribution < -0.4 is 4.74 Å². The molecule has 1 unspecified atom stereocenters. The third-order valence-corrected chi connectivity index (χ3v) is 5.68. The molecule has 0 amide bonds. The molecule has 2 saturated heterocycles. The van der Waals surface area contributed by atoms with Gasteiger partial charge in [-0.15, -0.1) is 0 Å². The first-order chi connectivity index (χ1) is 12.9. The van der Waals surface area contributed by atoms with Gasteiger partial charge in [0.15, 0.2) is 5.82 Å². The number of para-hydroxylation sites is 1. The van der Waals surface area contributed by atoms with Crippen molar-refractivity contribution in [1.29, 1.82) is 0 Å². The highest BCUT2D eigenvalue weighted by atomic mass is 16.5. The van der Waals surface area contributed by atoms with Gasteiger partial charge in [0.25, 0.3) is 5.89 Å². The number of benzene rings is 1. The Labute approximate surface area is 153 Å². The van der Waals surface area contributed by atoms with Gasteiger partial charge in [-0.1, -0.05) is 17.3 Å². The lowest BCUT2D eigenvalue weighted by Crippen LogP contribution is -2.38. The van der Waals surface area contributed by atoms with E-state index in [1.807, 2.05) is 24.3 Å². The molecule has 2 aliphatic heterocycles. The van der Waals surface area contributed by atoms with Gasteiger partial charge in [0, 0.05) is 38.3 Å². The molecule has 1 saturated carbocycles. The molecule has 5 rings (SSSR count). The molecule has 3 fully saturated rings. The molecule has 6 nitrogen and oxygen atoms in total. The van der Waals surface area contributed by atoms with E-state index in [1.165, 1.54) is 12.8 Å². The van der Waals surface area contributed by atoms with Crippen molar-refractivity contribution in [2.24, 2.45) is 0 Å². The molecule has 26 heavy (non-hydrogen) atoms.